The molecule has 0 spiro atoms. The quantitative estimate of drug-likeness (QED) is 0.167. The minimum Gasteiger partial charge on any atom is -0.311 e. The topological polar surface area (TPSA) is 8.17 Å². The Bertz CT molecular complexity index is 3060. The minimum atomic E-state index is -0.550. The molecule has 0 bridgehead atoms. The molecule has 236 valence electrons. The van der Waals surface area contributed by atoms with Crippen molar-refractivity contribution in [1.82, 2.24) is 4.57 Å². The highest BCUT2D eigenvalue weighted by Crippen LogP contribution is 2.39. The molecule has 0 aliphatic heterocycles. The van der Waals surface area contributed by atoms with Crippen molar-refractivity contribution < 1.29 is 15.1 Å². The molecule has 0 atom stereocenters. The number of anilines is 3. The highest BCUT2D eigenvalue weighted by Gasteiger charge is 2.16. The summed E-state index contributed by atoms with van der Waals surface area (Å²) in [4.78, 5) is 1.65. The van der Waals surface area contributed by atoms with E-state index in [1.807, 2.05) is 109 Å². The predicted octanol–water partition coefficient (Wildman–Crippen LogP) is 13.3. The molecule has 1 heterocycles. The summed E-state index contributed by atoms with van der Waals surface area (Å²) in [6, 6.07) is 38.0. The van der Waals surface area contributed by atoms with Gasteiger partial charge in [0.1, 0.15) is 0 Å². The summed E-state index contributed by atoms with van der Waals surface area (Å²) in [5, 5.41) is -0.123. The molecule has 2 nitrogen and oxygen atoms in total. The lowest BCUT2D eigenvalue weighted by Gasteiger charge is -2.26. The van der Waals surface area contributed by atoms with E-state index in [0.29, 0.717) is 17.1 Å². The van der Waals surface area contributed by atoms with Crippen LogP contribution in [-0.2, 0) is 0 Å². The Balaban J connectivity index is 1.29. The van der Waals surface area contributed by atoms with Crippen molar-refractivity contribution in [2.24, 2.45) is 0 Å². The van der Waals surface area contributed by atoms with Gasteiger partial charge in [-0.25, -0.2) is 0 Å². The third-order valence-corrected chi connectivity index (χ3v) is 8.72. The van der Waals surface area contributed by atoms with E-state index in [0.717, 1.165) is 22.3 Å². The van der Waals surface area contributed by atoms with Crippen LogP contribution >= 0.6 is 0 Å². The molecule has 9 aromatic rings. The molecule has 0 N–H and O–H groups in total. The van der Waals surface area contributed by atoms with Crippen molar-refractivity contribution >= 4 is 38.9 Å². The first-order chi connectivity index (χ1) is 29.4. The second-order valence-electron chi connectivity index (χ2n) is 11.8. The zero-order chi connectivity index (χ0) is 42.9. The van der Waals surface area contributed by atoms with E-state index in [4.69, 9.17) is 5.48 Å². The highest BCUT2D eigenvalue weighted by molar-refractivity contribution is 6.10. The van der Waals surface area contributed by atoms with E-state index < -0.39 is 66.5 Å². The fourth-order valence-electron chi connectivity index (χ4n) is 6.29. The van der Waals surface area contributed by atoms with Crippen LogP contribution in [0.25, 0.3) is 60.9 Å². The lowest BCUT2D eigenvalue weighted by molar-refractivity contribution is 1.18. The largest absolute Gasteiger partial charge is 0.311 e. The summed E-state index contributed by atoms with van der Waals surface area (Å²) in [7, 11) is 0. The van der Waals surface area contributed by atoms with E-state index in [1.165, 1.54) is 4.57 Å². The lowest BCUT2D eigenvalue weighted by Crippen LogP contribution is -2.09. The number of hydrogen-bond acceptors (Lipinski definition) is 1. The molecular weight excluding hydrogens is 605 g/mol. The van der Waals surface area contributed by atoms with Gasteiger partial charge in [0.05, 0.1) is 26.1 Å². The SMILES string of the molecule is [2H]c1c([2H])c(N(c2ccc(-c3ccccc3)cc2)c2ccc(-c3ccccc3)cc2)c([2H])c([2H])c1-c1c([2H])c([2H])c2c(c1[2H])c1c([2H])c([2H])c([2H])c([2H])c1n2-c1ccccc1. The predicted molar refractivity (Wildman–Crippen MR) is 212 cm³/mol. The van der Waals surface area contributed by atoms with E-state index in [2.05, 4.69) is 0 Å². The molecule has 0 amide bonds. The normalized spacial score (nSPS) is 14.3. The van der Waals surface area contributed by atoms with E-state index in [1.54, 1.807) is 35.2 Å². The molecule has 1 aromatic heterocycles. The van der Waals surface area contributed by atoms with Crippen molar-refractivity contribution in [2.45, 2.75) is 0 Å². The zero-order valence-electron chi connectivity index (χ0n) is 37.7. The summed E-state index contributed by atoms with van der Waals surface area (Å²) < 4.78 is 103. The summed E-state index contributed by atoms with van der Waals surface area (Å²) in [6.07, 6.45) is 0. The third-order valence-electron chi connectivity index (χ3n) is 8.72. The van der Waals surface area contributed by atoms with Crippen LogP contribution in [0, 0.1) is 0 Å². The number of benzene rings is 8. The molecule has 0 fully saturated rings. The van der Waals surface area contributed by atoms with Gasteiger partial charge in [0, 0.05) is 33.5 Å². The van der Waals surface area contributed by atoms with Gasteiger partial charge in [-0.3, -0.25) is 0 Å². The van der Waals surface area contributed by atoms with Gasteiger partial charge >= 0.3 is 0 Å². The van der Waals surface area contributed by atoms with Crippen molar-refractivity contribution in [3.63, 3.8) is 0 Å². The van der Waals surface area contributed by atoms with E-state index in [-0.39, 0.29) is 38.6 Å². The van der Waals surface area contributed by atoms with Crippen LogP contribution < -0.4 is 4.90 Å². The van der Waals surface area contributed by atoms with Gasteiger partial charge in [-0.2, -0.15) is 0 Å². The van der Waals surface area contributed by atoms with Crippen LogP contribution in [0.3, 0.4) is 0 Å². The van der Waals surface area contributed by atoms with Crippen LogP contribution in [0.4, 0.5) is 17.1 Å². The van der Waals surface area contributed by atoms with Gasteiger partial charge in [-0.05, 0) is 100.0 Å². The molecular formula is C48H34N2. The average molecular weight is 650 g/mol. The van der Waals surface area contributed by atoms with Gasteiger partial charge in [-0.15, -0.1) is 0 Å². The number of nitrogens with zero attached hydrogens (tertiary/aromatic N) is 2. The molecule has 0 saturated heterocycles. The minimum absolute atomic E-state index is 0.00728. The first-order valence-corrected chi connectivity index (χ1v) is 16.2. The van der Waals surface area contributed by atoms with Crippen molar-refractivity contribution in [1.29, 1.82) is 0 Å². The van der Waals surface area contributed by atoms with Crippen LogP contribution in [0.1, 0.15) is 15.1 Å². The molecule has 2 heteroatoms. The number of aromatic nitrogens is 1. The van der Waals surface area contributed by atoms with Crippen LogP contribution in [0.15, 0.2) is 206 Å². The van der Waals surface area contributed by atoms with Crippen LogP contribution in [0.5, 0.6) is 0 Å². The summed E-state index contributed by atoms with van der Waals surface area (Å²) in [5.41, 5.74) is 4.61. The lowest BCUT2D eigenvalue weighted by atomic mass is 10.0. The Kier molecular flexibility index (Phi) is 5.11. The molecule has 0 aliphatic rings. The number of hydrogen-bond donors (Lipinski definition) is 0. The number of rotatable bonds is 7. The van der Waals surface area contributed by atoms with Crippen molar-refractivity contribution in [3.05, 3.63) is 206 Å². The van der Waals surface area contributed by atoms with Crippen molar-refractivity contribution in [2.75, 3.05) is 4.90 Å². The van der Waals surface area contributed by atoms with Crippen LogP contribution in [0.2, 0.25) is 0 Å². The van der Waals surface area contributed by atoms with Gasteiger partial charge < -0.3 is 9.47 Å². The summed E-state index contributed by atoms with van der Waals surface area (Å²) in [6.45, 7) is 0. The molecule has 8 aromatic carbocycles. The van der Waals surface area contributed by atoms with Crippen molar-refractivity contribution in [3.8, 4) is 39.1 Å². The van der Waals surface area contributed by atoms with Gasteiger partial charge in [0.15, 0.2) is 0 Å². The van der Waals surface area contributed by atoms with E-state index in [9.17, 15) is 9.60 Å². The molecule has 9 rings (SSSR count). The van der Waals surface area contributed by atoms with Gasteiger partial charge in [-0.1, -0.05) is 139 Å². The molecule has 0 saturated carbocycles. The zero-order valence-corrected chi connectivity index (χ0v) is 26.7. The van der Waals surface area contributed by atoms with Crippen LogP contribution in [-0.4, -0.2) is 4.57 Å². The maximum Gasteiger partial charge on any atom is 0.0645 e. The standard InChI is InChI=1S/C48H34N2/c1-4-12-35(13-5-1)37-20-27-42(28-21-37)49(43-29-22-38(23-30-43)36-14-6-2-7-15-36)44-31-24-39(25-32-44)40-26-33-48-46(34-40)45-18-10-11-19-47(45)50(48)41-16-8-3-9-17-41/h1-34H/i10D,11D,18D,19D,24D,25D,26D,31D,32D,33D,34D. The maximum atomic E-state index is 9.62. The highest BCUT2D eigenvalue weighted by atomic mass is 15.1. The average Bonchev–Trinajstić information content (AvgIpc) is 3.67. The molecule has 50 heavy (non-hydrogen) atoms. The Hall–Kier alpha value is -6.64. The Morgan fingerprint density at radius 2 is 0.840 bits per heavy atom. The van der Waals surface area contributed by atoms with E-state index >= 15 is 0 Å². The molecule has 0 radical (unpaired) electrons. The third kappa shape index (κ3) is 5.43. The Morgan fingerprint density at radius 1 is 0.360 bits per heavy atom. The number of fused-ring (bicyclic) bond motifs is 3. The smallest absolute Gasteiger partial charge is 0.0645 e. The first kappa shape index (κ1) is 20.0. The first-order valence-electron chi connectivity index (χ1n) is 21.7. The molecule has 0 aliphatic carbocycles. The maximum absolute atomic E-state index is 9.62. The summed E-state index contributed by atoms with van der Waals surface area (Å²) >= 11 is 0. The van der Waals surface area contributed by atoms with Gasteiger partial charge in [0.2, 0.25) is 0 Å². The monoisotopic (exact) mass is 649 g/mol. The fourth-order valence-corrected chi connectivity index (χ4v) is 6.29. The second-order valence-corrected chi connectivity index (χ2v) is 11.8. The Labute approximate surface area is 308 Å². The summed E-state index contributed by atoms with van der Waals surface area (Å²) in [5.74, 6) is 0. The van der Waals surface area contributed by atoms with Gasteiger partial charge in [0.25, 0.3) is 0 Å². The fraction of sp³-hybridized carbons (Fsp3) is 0. The second kappa shape index (κ2) is 12.8. The number of para-hydroxylation sites is 2. The molecule has 0 unspecified atom stereocenters. The Morgan fingerprint density at radius 3 is 1.42 bits per heavy atom.